The second-order valence-electron chi connectivity index (χ2n) is 4.10. The summed E-state index contributed by atoms with van der Waals surface area (Å²) in [5.74, 6) is 1.72. The highest BCUT2D eigenvalue weighted by molar-refractivity contribution is 5.30. The molecule has 4 nitrogen and oxygen atoms in total. The summed E-state index contributed by atoms with van der Waals surface area (Å²) in [5.41, 5.74) is 6.90. The van der Waals surface area contributed by atoms with Gasteiger partial charge in [0.2, 0.25) is 0 Å². The van der Waals surface area contributed by atoms with Crippen molar-refractivity contribution in [1.29, 1.82) is 0 Å². The van der Waals surface area contributed by atoms with Gasteiger partial charge in [0, 0.05) is 25.5 Å². The number of hydrogen-bond acceptors (Lipinski definition) is 3. The summed E-state index contributed by atoms with van der Waals surface area (Å²) in [7, 11) is 1.95. The molecule has 0 spiro atoms. The van der Waals surface area contributed by atoms with Crippen LogP contribution in [0.5, 0.6) is 5.75 Å². The zero-order valence-corrected chi connectivity index (χ0v) is 10.1. The molecule has 0 saturated heterocycles. The monoisotopic (exact) mass is 231 g/mol. The van der Waals surface area contributed by atoms with Gasteiger partial charge in [-0.05, 0) is 24.6 Å². The lowest BCUT2D eigenvalue weighted by Gasteiger charge is -2.09. The SMILES string of the molecule is C[C@H](N)c1cccc(OCc2nccn2C)c1. The quantitative estimate of drug-likeness (QED) is 0.875. The first-order chi connectivity index (χ1) is 8.16. The van der Waals surface area contributed by atoms with Crippen molar-refractivity contribution >= 4 is 0 Å². The van der Waals surface area contributed by atoms with Crippen molar-refractivity contribution in [2.45, 2.75) is 19.6 Å². The first-order valence-corrected chi connectivity index (χ1v) is 5.61. The van der Waals surface area contributed by atoms with Crippen molar-refractivity contribution in [3.8, 4) is 5.75 Å². The van der Waals surface area contributed by atoms with Crippen LogP contribution in [0.15, 0.2) is 36.7 Å². The molecule has 17 heavy (non-hydrogen) atoms. The fourth-order valence-electron chi connectivity index (χ4n) is 1.57. The molecule has 0 aliphatic carbocycles. The number of aromatic nitrogens is 2. The van der Waals surface area contributed by atoms with Gasteiger partial charge in [-0.2, -0.15) is 0 Å². The molecular formula is C13H17N3O. The van der Waals surface area contributed by atoms with Crippen LogP contribution in [0, 0.1) is 0 Å². The molecule has 1 aromatic carbocycles. The zero-order chi connectivity index (χ0) is 12.3. The molecule has 1 atom stereocenters. The van der Waals surface area contributed by atoms with Crippen molar-refractivity contribution < 1.29 is 4.74 Å². The van der Waals surface area contributed by atoms with Gasteiger partial charge in [0.25, 0.3) is 0 Å². The summed E-state index contributed by atoms with van der Waals surface area (Å²) in [6, 6.07) is 7.86. The molecule has 1 heterocycles. The van der Waals surface area contributed by atoms with Crippen LogP contribution in [0.3, 0.4) is 0 Å². The van der Waals surface area contributed by atoms with E-state index in [9.17, 15) is 0 Å². The molecule has 90 valence electrons. The Morgan fingerprint density at radius 1 is 1.47 bits per heavy atom. The van der Waals surface area contributed by atoms with E-state index < -0.39 is 0 Å². The predicted molar refractivity (Wildman–Crippen MR) is 66.6 cm³/mol. The maximum atomic E-state index is 5.83. The smallest absolute Gasteiger partial charge is 0.146 e. The van der Waals surface area contributed by atoms with E-state index in [1.54, 1.807) is 6.20 Å². The Labute approximate surface area is 101 Å². The molecule has 1 aromatic heterocycles. The highest BCUT2D eigenvalue weighted by Crippen LogP contribution is 2.18. The lowest BCUT2D eigenvalue weighted by molar-refractivity contribution is 0.291. The molecular weight excluding hydrogens is 214 g/mol. The Morgan fingerprint density at radius 3 is 2.94 bits per heavy atom. The summed E-state index contributed by atoms with van der Waals surface area (Å²) in [6.07, 6.45) is 3.66. The van der Waals surface area contributed by atoms with Crippen molar-refractivity contribution in [2.75, 3.05) is 0 Å². The van der Waals surface area contributed by atoms with Crippen LogP contribution in [0.2, 0.25) is 0 Å². The van der Waals surface area contributed by atoms with Gasteiger partial charge in [-0.3, -0.25) is 0 Å². The fourth-order valence-corrected chi connectivity index (χ4v) is 1.57. The first kappa shape index (κ1) is 11.7. The largest absolute Gasteiger partial charge is 0.486 e. The third-order valence-corrected chi connectivity index (χ3v) is 2.67. The van der Waals surface area contributed by atoms with Gasteiger partial charge >= 0.3 is 0 Å². The van der Waals surface area contributed by atoms with Crippen LogP contribution < -0.4 is 10.5 Å². The summed E-state index contributed by atoms with van der Waals surface area (Å²) in [4.78, 5) is 4.20. The fraction of sp³-hybridized carbons (Fsp3) is 0.308. The molecule has 0 aliphatic rings. The number of benzene rings is 1. The van der Waals surface area contributed by atoms with Gasteiger partial charge < -0.3 is 15.0 Å². The molecule has 0 fully saturated rings. The van der Waals surface area contributed by atoms with E-state index in [-0.39, 0.29) is 6.04 Å². The summed E-state index contributed by atoms with van der Waals surface area (Å²) >= 11 is 0. The van der Waals surface area contributed by atoms with Crippen LogP contribution in [-0.2, 0) is 13.7 Å². The van der Waals surface area contributed by atoms with Crippen LogP contribution in [0.4, 0.5) is 0 Å². The first-order valence-electron chi connectivity index (χ1n) is 5.61. The summed E-state index contributed by atoms with van der Waals surface area (Å²) in [5, 5.41) is 0. The second-order valence-corrected chi connectivity index (χ2v) is 4.10. The van der Waals surface area contributed by atoms with E-state index in [2.05, 4.69) is 4.98 Å². The van der Waals surface area contributed by atoms with Crippen molar-refractivity contribution in [3.63, 3.8) is 0 Å². The van der Waals surface area contributed by atoms with E-state index in [1.807, 2.05) is 49.0 Å². The average Bonchev–Trinajstić information content (AvgIpc) is 2.72. The predicted octanol–water partition coefficient (Wildman–Crippen LogP) is 2.02. The molecule has 0 aliphatic heterocycles. The normalized spacial score (nSPS) is 12.4. The lowest BCUT2D eigenvalue weighted by atomic mass is 10.1. The second kappa shape index (κ2) is 5.01. The van der Waals surface area contributed by atoms with Gasteiger partial charge in [-0.1, -0.05) is 12.1 Å². The molecule has 2 rings (SSSR count). The number of hydrogen-bond donors (Lipinski definition) is 1. The van der Waals surface area contributed by atoms with E-state index in [4.69, 9.17) is 10.5 Å². The Kier molecular flexibility index (Phi) is 3.44. The minimum Gasteiger partial charge on any atom is -0.486 e. The van der Waals surface area contributed by atoms with Crippen molar-refractivity contribution in [2.24, 2.45) is 12.8 Å². The van der Waals surface area contributed by atoms with E-state index in [0.717, 1.165) is 17.1 Å². The molecule has 0 unspecified atom stereocenters. The number of imidazole rings is 1. The Bertz CT molecular complexity index is 491. The van der Waals surface area contributed by atoms with E-state index in [1.165, 1.54) is 0 Å². The minimum atomic E-state index is 0.0201. The summed E-state index contributed by atoms with van der Waals surface area (Å²) < 4.78 is 7.62. The van der Waals surface area contributed by atoms with Gasteiger partial charge in [0.05, 0.1) is 0 Å². The van der Waals surface area contributed by atoms with Gasteiger partial charge in [-0.25, -0.2) is 4.98 Å². The molecule has 2 aromatic rings. The standard InChI is InChI=1S/C13H17N3O/c1-10(14)11-4-3-5-12(8-11)17-9-13-15-6-7-16(13)2/h3-8,10H,9,14H2,1-2H3/t10-/m0/s1. The van der Waals surface area contributed by atoms with Gasteiger partial charge in [0.1, 0.15) is 18.2 Å². The van der Waals surface area contributed by atoms with E-state index >= 15 is 0 Å². The maximum absolute atomic E-state index is 5.83. The Balaban J connectivity index is 2.04. The molecule has 0 bridgehead atoms. The molecule has 0 radical (unpaired) electrons. The van der Waals surface area contributed by atoms with Crippen molar-refractivity contribution in [1.82, 2.24) is 9.55 Å². The number of ether oxygens (including phenoxy) is 1. The number of nitrogens with zero attached hydrogens (tertiary/aromatic N) is 2. The number of nitrogens with two attached hydrogens (primary N) is 1. The van der Waals surface area contributed by atoms with Crippen LogP contribution in [-0.4, -0.2) is 9.55 Å². The molecule has 2 N–H and O–H groups in total. The maximum Gasteiger partial charge on any atom is 0.146 e. The zero-order valence-electron chi connectivity index (χ0n) is 10.1. The number of rotatable bonds is 4. The van der Waals surface area contributed by atoms with Gasteiger partial charge in [0.15, 0.2) is 0 Å². The average molecular weight is 231 g/mol. The Morgan fingerprint density at radius 2 is 2.29 bits per heavy atom. The highest BCUT2D eigenvalue weighted by Gasteiger charge is 2.03. The van der Waals surface area contributed by atoms with Crippen LogP contribution in [0.1, 0.15) is 24.4 Å². The van der Waals surface area contributed by atoms with Gasteiger partial charge in [-0.15, -0.1) is 0 Å². The number of aryl methyl sites for hydroxylation is 1. The molecule has 0 amide bonds. The highest BCUT2D eigenvalue weighted by atomic mass is 16.5. The topological polar surface area (TPSA) is 53.1 Å². The van der Waals surface area contributed by atoms with E-state index in [0.29, 0.717) is 6.61 Å². The van der Waals surface area contributed by atoms with Crippen LogP contribution in [0.25, 0.3) is 0 Å². The third-order valence-electron chi connectivity index (χ3n) is 2.67. The Hall–Kier alpha value is -1.81. The summed E-state index contributed by atoms with van der Waals surface area (Å²) in [6.45, 7) is 2.42. The third kappa shape index (κ3) is 2.85. The lowest BCUT2D eigenvalue weighted by Crippen LogP contribution is -2.06. The van der Waals surface area contributed by atoms with Crippen LogP contribution >= 0.6 is 0 Å². The minimum absolute atomic E-state index is 0.0201. The van der Waals surface area contributed by atoms with Crippen molar-refractivity contribution in [3.05, 3.63) is 48.0 Å². The molecule has 0 saturated carbocycles. The molecule has 4 heteroatoms.